The number of rotatable bonds is 5. The average molecular weight is 316 g/mol. The Hall–Kier alpha value is -2.44. The van der Waals surface area contributed by atoms with Gasteiger partial charge in [-0.3, -0.25) is 4.79 Å². The van der Waals surface area contributed by atoms with Crippen molar-refractivity contribution in [2.24, 2.45) is 0 Å². The molecule has 0 aliphatic carbocycles. The van der Waals surface area contributed by atoms with Crippen LogP contribution in [0.1, 0.15) is 36.6 Å². The molecule has 0 bridgehead atoms. The van der Waals surface area contributed by atoms with Gasteiger partial charge in [-0.25, -0.2) is 9.97 Å². The van der Waals surface area contributed by atoms with Gasteiger partial charge in [-0.2, -0.15) is 0 Å². The van der Waals surface area contributed by atoms with E-state index in [9.17, 15) is 4.79 Å². The zero-order valence-corrected chi connectivity index (χ0v) is 13.1. The molecule has 0 radical (unpaired) electrons. The zero-order chi connectivity index (χ0) is 16.1. The fraction of sp³-hybridized carbons (Fsp3) is 0.500. The molecule has 1 fully saturated rings. The zero-order valence-electron chi connectivity index (χ0n) is 13.1. The van der Waals surface area contributed by atoms with Crippen LogP contribution >= 0.6 is 0 Å². The lowest BCUT2D eigenvalue weighted by molar-refractivity contribution is -0.132. The highest BCUT2D eigenvalue weighted by Gasteiger charge is 2.25. The van der Waals surface area contributed by atoms with Gasteiger partial charge in [-0.1, -0.05) is 0 Å². The molecule has 3 rings (SSSR count). The average Bonchev–Trinajstić information content (AvgIpc) is 3.09. The second-order valence-corrected chi connectivity index (χ2v) is 5.65. The number of nitrogens with zero attached hydrogens (tertiary/aromatic N) is 4. The third kappa shape index (κ3) is 3.85. The highest BCUT2D eigenvalue weighted by atomic mass is 16.5. The van der Waals surface area contributed by atoms with Crippen molar-refractivity contribution >= 4 is 5.91 Å². The lowest BCUT2D eigenvalue weighted by atomic mass is 9.94. The van der Waals surface area contributed by atoms with E-state index in [0.717, 1.165) is 31.6 Å². The standard InChI is InChI=1S/C16H20N4O3/c1-22-15-9-13(23-19-15)4-5-16(21)20-8-2-3-12(10-20)14-6-7-17-11-18-14/h6-7,9,11-12H,2-5,8,10H2,1H3/t12-/m0/s1. The number of aryl methyl sites for hydroxylation is 1. The lowest BCUT2D eigenvalue weighted by Crippen LogP contribution is -2.39. The summed E-state index contributed by atoms with van der Waals surface area (Å²) >= 11 is 0. The van der Waals surface area contributed by atoms with E-state index in [4.69, 9.17) is 9.26 Å². The predicted octanol–water partition coefficient (Wildman–Crippen LogP) is 1.81. The molecule has 7 heteroatoms. The van der Waals surface area contributed by atoms with Crippen molar-refractivity contribution in [1.82, 2.24) is 20.0 Å². The molecule has 0 spiro atoms. The number of amides is 1. The minimum absolute atomic E-state index is 0.138. The van der Waals surface area contributed by atoms with Crippen LogP contribution in [0.25, 0.3) is 0 Å². The molecular weight excluding hydrogens is 296 g/mol. The van der Waals surface area contributed by atoms with Gasteiger partial charge in [0.25, 0.3) is 5.88 Å². The van der Waals surface area contributed by atoms with E-state index in [0.29, 0.717) is 30.4 Å². The number of aromatic nitrogens is 3. The van der Waals surface area contributed by atoms with Gasteiger partial charge >= 0.3 is 0 Å². The van der Waals surface area contributed by atoms with E-state index in [2.05, 4.69) is 15.1 Å². The first kappa shape index (κ1) is 15.5. The summed E-state index contributed by atoms with van der Waals surface area (Å²) in [6.45, 7) is 1.52. The van der Waals surface area contributed by atoms with Gasteiger partial charge in [0, 0.05) is 49.8 Å². The van der Waals surface area contributed by atoms with E-state index in [1.165, 1.54) is 7.11 Å². The maximum absolute atomic E-state index is 12.4. The SMILES string of the molecule is COc1cc(CCC(=O)N2CCC[C@H](c3ccncn3)C2)on1. The van der Waals surface area contributed by atoms with Gasteiger partial charge < -0.3 is 14.2 Å². The Labute approximate surface area is 134 Å². The number of methoxy groups -OCH3 is 1. The van der Waals surface area contributed by atoms with Gasteiger partial charge in [0.05, 0.1) is 7.11 Å². The van der Waals surface area contributed by atoms with Crippen molar-refractivity contribution in [2.45, 2.75) is 31.6 Å². The summed E-state index contributed by atoms with van der Waals surface area (Å²) in [6, 6.07) is 3.65. The van der Waals surface area contributed by atoms with Crippen molar-refractivity contribution in [3.8, 4) is 5.88 Å². The maximum atomic E-state index is 12.4. The van der Waals surface area contributed by atoms with Crippen LogP contribution in [0.4, 0.5) is 0 Å². The molecule has 1 atom stereocenters. The van der Waals surface area contributed by atoms with Crippen LogP contribution in [0.5, 0.6) is 5.88 Å². The fourth-order valence-electron chi connectivity index (χ4n) is 2.88. The second kappa shape index (κ2) is 7.21. The Kier molecular flexibility index (Phi) is 4.85. The summed E-state index contributed by atoms with van der Waals surface area (Å²) in [6.07, 6.45) is 6.31. The molecule has 1 aliphatic rings. The van der Waals surface area contributed by atoms with E-state index in [-0.39, 0.29) is 5.91 Å². The summed E-state index contributed by atoms with van der Waals surface area (Å²) in [5, 5.41) is 3.74. The van der Waals surface area contributed by atoms with Crippen LogP contribution in [0.3, 0.4) is 0 Å². The van der Waals surface area contributed by atoms with E-state index in [1.807, 2.05) is 11.0 Å². The van der Waals surface area contributed by atoms with Crippen LogP contribution in [-0.2, 0) is 11.2 Å². The minimum Gasteiger partial charge on any atom is -0.479 e. The van der Waals surface area contributed by atoms with Gasteiger partial charge in [0.15, 0.2) is 0 Å². The molecule has 2 aromatic heterocycles. The van der Waals surface area contributed by atoms with Crippen molar-refractivity contribution in [3.05, 3.63) is 36.1 Å². The summed E-state index contributed by atoms with van der Waals surface area (Å²) < 4.78 is 10.1. The Bertz CT molecular complexity index is 644. The van der Waals surface area contributed by atoms with Crippen LogP contribution in [0.2, 0.25) is 0 Å². The maximum Gasteiger partial charge on any atom is 0.254 e. The van der Waals surface area contributed by atoms with Crippen LogP contribution in [0, 0.1) is 0 Å². The van der Waals surface area contributed by atoms with Crippen LogP contribution in [0.15, 0.2) is 29.2 Å². The Morgan fingerprint density at radius 3 is 3.17 bits per heavy atom. The topological polar surface area (TPSA) is 81.4 Å². The molecule has 0 saturated carbocycles. The van der Waals surface area contributed by atoms with Crippen LogP contribution in [-0.4, -0.2) is 46.1 Å². The summed E-state index contributed by atoms with van der Waals surface area (Å²) in [7, 11) is 1.54. The van der Waals surface area contributed by atoms with Crippen molar-refractivity contribution in [2.75, 3.05) is 20.2 Å². The van der Waals surface area contributed by atoms with Crippen molar-refractivity contribution in [3.63, 3.8) is 0 Å². The molecule has 7 nitrogen and oxygen atoms in total. The quantitative estimate of drug-likeness (QED) is 0.837. The number of ether oxygens (including phenoxy) is 1. The highest BCUT2D eigenvalue weighted by Crippen LogP contribution is 2.25. The number of hydrogen-bond acceptors (Lipinski definition) is 6. The third-order valence-corrected chi connectivity index (χ3v) is 4.13. The molecule has 23 heavy (non-hydrogen) atoms. The van der Waals surface area contributed by atoms with Gasteiger partial charge in [0.1, 0.15) is 12.1 Å². The first-order valence-electron chi connectivity index (χ1n) is 7.79. The van der Waals surface area contributed by atoms with E-state index >= 15 is 0 Å². The summed E-state index contributed by atoms with van der Waals surface area (Å²) in [5.74, 6) is 1.54. The Balaban J connectivity index is 1.54. The molecule has 2 aromatic rings. The molecule has 1 saturated heterocycles. The van der Waals surface area contributed by atoms with E-state index in [1.54, 1.807) is 18.6 Å². The molecule has 0 aromatic carbocycles. The first-order chi connectivity index (χ1) is 11.3. The smallest absolute Gasteiger partial charge is 0.254 e. The Morgan fingerprint density at radius 1 is 1.52 bits per heavy atom. The number of piperidine rings is 1. The normalized spacial score (nSPS) is 18.0. The lowest BCUT2D eigenvalue weighted by Gasteiger charge is -2.32. The van der Waals surface area contributed by atoms with Gasteiger partial charge in [-0.15, -0.1) is 0 Å². The highest BCUT2D eigenvalue weighted by molar-refractivity contribution is 5.76. The van der Waals surface area contributed by atoms with E-state index < -0.39 is 0 Å². The molecular formula is C16H20N4O3. The second-order valence-electron chi connectivity index (χ2n) is 5.65. The van der Waals surface area contributed by atoms with Gasteiger partial charge in [-0.05, 0) is 24.1 Å². The molecule has 122 valence electrons. The predicted molar refractivity (Wildman–Crippen MR) is 82.0 cm³/mol. The van der Waals surface area contributed by atoms with Crippen molar-refractivity contribution in [1.29, 1.82) is 0 Å². The molecule has 1 amide bonds. The molecule has 1 aliphatic heterocycles. The monoisotopic (exact) mass is 316 g/mol. The summed E-state index contributed by atoms with van der Waals surface area (Å²) in [5.41, 5.74) is 1.01. The minimum atomic E-state index is 0.138. The third-order valence-electron chi connectivity index (χ3n) is 4.13. The van der Waals surface area contributed by atoms with Crippen LogP contribution < -0.4 is 4.74 Å². The number of hydrogen-bond donors (Lipinski definition) is 0. The van der Waals surface area contributed by atoms with Gasteiger partial charge in [0.2, 0.25) is 5.91 Å². The fourth-order valence-corrected chi connectivity index (χ4v) is 2.88. The molecule has 3 heterocycles. The molecule has 0 unspecified atom stereocenters. The largest absolute Gasteiger partial charge is 0.479 e. The number of carbonyl (C=O) groups is 1. The Morgan fingerprint density at radius 2 is 2.43 bits per heavy atom. The molecule has 0 N–H and O–H groups in total. The van der Waals surface area contributed by atoms with Crippen molar-refractivity contribution < 1.29 is 14.1 Å². The summed E-state index contributed by atoms with van der Waals surface area (Å²) in [4.78, 5) is 22.6. The first-order valence-corrected chi connectivity index (χ1v) is 7.79. The number of likely N-dealkylation sites (tertiary alicyclic amines) is 1. The number of carbonyl (C=O) groups excluding carboxylic acids is 1.